The van der Waals surface area contributed by atoms with Gasteiger partial charge in [0.15, 0.2) is 11.5 Å². The molecule has 3 aromatic rings. The number of aromatic hydroxyl groups is 2. The van der Waals surface area contributed by atoms with Crippen molar-refractivity contribution in [2.45, 2.75) is 12.7 Å². The fraction of sp³-hybridized carbons (Fsp3) is 0.0952. The summed E-state index contributed by atoms with van der Waals surface area (Å²) in [6.07, 6.45) is -0.593. The number of hydrogen-bond acceptors (Lipinski definition) is 4. The lowest BCUT2D eigenvalue weighted by atomic mass is 10.0. The number of phenolic OH excluding ortho intramolecular Hbond substituents is 2. The van der Waals surface area contributed by atoms with Crippen molar-refractivity contribution in [2.24, 2.45) is 0 Å². The Labute approximate surface area is 151 Å². The van der Waals surface area contributed by atoms with Gasteiger partial charge in [-0.1, -0.05) is 54.6 Å². The topological polar surface area (TPSA) is 72.8 Å². The summed E-state index contributed by atoms with van der Waals surface area (Å²) in [5, 5.41) is 23.5. The third-order valence-corrected chi connectivity index (χ3v) is 4.56. The van der Waals surface area contributed by atoms with E-state index in [1.165, 1.54) is 6.07 Å². The third kappa shape index (κ3) is 2.73. The molecule has 3 aromatic carbocycles. The number of rotatable bonds is 3. The van der Waals surface area contributed by atoms with Gasteiger partial charge < -0.3 is 20.4 Å². The van der Waals surface area contributed by atoms with Crippen LogP contribution in [0, 0.1) is 0 Å². The van der Waals surface area contributed by atoms with Crippen LogP contribution in [0.5, 0.6) is 11.5 Å². The number of phenols is 2. The highest BCUT2D eigenvalue weighted by molar-refractivity contribution is 6.01. The highest BCUT2D eigenvalue weighted by atomic mass is 16.3. The summed E-state index contributed by atoms with van der Waals surface area (Å²) in [7, 11) is 0. The quantitative estimate of drug-likeness (QED) is 0.630. The monoisotopic (exact) mass is 346 g/mol. The SMILES string of the molecule is O=C1c2ccccc2N[C@@H](c2cccc(O)c2O)N1Cc1ccccc1. The second-order valence-corrected chi connectivity index (χ2v) is 6.23. The van der Waals surface area contributed by atoms with Gasteiger partial charge in [-0.25, -0.2) is 0 Å². The fourth-order valence-electron chi connectivity index (χ4n) is 3.25. The number of fused-ring (bicyclic) bond motifs is 1. The Bertz CT molecular complexity index is 956. The molecular weight excluding hydrogens is 328 g/mol. The van der Waals surface area contributed by atoms with Crippen LogP contribution >= 0.6 is 0 Å². The second kappa shape index (κ2) is 6.44. The molecule has 1 amide bonds. The minimum atomic E-state index is -0.593. The molecule has 0 saturated heterocycles. The molecule has 130 valence electrons. The highest BCUT2D eigenvalue weighted by Crippen LogP contribution is 2.40. The van der Waals surface area contributed by atoms with Crippen molar-refractivity contribution in [2.75, 3.05) is 5.32 Å². The molecule has 0 aliphatic carbocycles. The van der Waals surface area contributed by atoms with Crippen molar-refractivity contribution in [3.63, 3.8) is 0 Å². The average Bonchev–Trinajstić information content (AvgIpc) is 2.67. The summed E-state index contributed by atoms with van der Waals surface area (Å²) in [5.41, 5.74) is 2.71. The number of amides is 1. The summed E-state index contributed by atoms with van der Waals surface area (Å²) < 4.78 is 0. The van der Waals surface area contributed by atoms with E-state index in [1.54, 1.807) is 23.1 Å². The van der Waals surface area contributed by atoms with Gasteiger partial charge in [-0.15, -0.1) is 0 Å². The van der Waals surface area contributed by atoms with Gasteiger partial charge in [0.25, 0.3) is 5.91 Å². The van der Waals surface area contributed by atoms with Crippen LogP contribution in [0.3, 0.4) is 0 Å². The Kier molecular flexibility index (Phi) is 3.97. The molecule has 0 unspecified atom stereocenters. The highest BCUT2D eigenvalue weighted by Gasteiger charge is 2.34. The molecule has 5 nitrogen and oxygen atoms in total. The number of nitrogens with zero attached hydrogens (tertiary/aromatic N) is 1. The predicted molar refractivity (Wildman–Crippen MR) is 98.9 cm³/mol. The zero-order chi connectivity index (χ0) is 18.1. The van der Waals surface area contributed by atoms with Crippen molar-refractivity contribution >= 4 is 11.6 Å². The Hall–Kier alpha value is -3.47. The minimum absolute atomic E-state index is 0.129. The number of nitrogens with one attached hydrogen (secondary N) is 1. The van der Waals surface area contributed by atoms with Crippen LogP contribution in [0.2, 0.25) is 0 Å². The van der Waals surface area contributed by atoms with Gasteiger partial charge in [0.1, 0.15) is 6.17 Å². The Balaban J connectivity index is 1.81. The van der Waals surface area contributed by atoms with Gasteiger partial charge in [-0.3, -0.25) is 4.79 Å². The smallest absolute Gasteiger partial charge is 0.258 e. The molecule has 1 aliphatic heterocycles. The molecule has 1 atom stereocenters. The second-order valence-electron chi connectivity index (χ2n) is 6.23. The van der Waals surface area contributed by atoms with Crippen LogP contribution in [0.1, 0.15) is 27.7 Å². The third-order valence-electron chi connectivity index (χ3n) is 4.56. The van der Waals surface area contributed by atoms with Crippen molar-refractivity contribution in [1.29, 1.82) is 0 Å². The number of benzene rings is 3. The maximum Gasteiger partial charge on any atom is 0.258 e. The summed E-state index contributed by atoms with van der Waals surface area (Å²) in [6.45, 7) is 0.376. The normalized spacial score (nSPS) is 16.1. The zero-order valence-corrected chi connectivity index (χ0v) is 14.0. The molecule has 1 heterocycles. The lowest BCUT2D eigenvalue weighted by molar-refractivity contribution is 0.0664. The summed E-state index contributed by atoms with van der Waals surface area (Å²) in [5.74, 6) is -0.568. The standard InChI is InChI=1S/C21H18N2O3/c24-18-12-6-10-16(19(18)25)20-22-17-11-5-4-9-15(17)21(26)23(20)13-14-7-2-1-3-8-14/h1-12,20,22,24-25H,13H2/t20-/m1/s1. The zero-order valence-electron chi connectivity index (χ0n) is 14.0. The molecule has 0 bridgehead atoms. The Morgan fingerprint density at radius 3 is 2.42 bits per heavy atom. The minimum Gasteiger partial charge on any atom is -0.504 e. The summed E-state index contributed by atoms with van der Waals surface area (Å²) in [6, 6.07) is 21.7. The first-order chi connectivity index (χ1) is 12.6. The van der Waals surface area contributed by atoms with Crippen LogP contribution in [0.25, 0.3) is 0 Å². The van der Waals surface area contributed by atoms with Crippen LogP contribution < -0.4 is 5.32 Å². The summed E-state index contributed by atoms with van der Waals surface area (Å²) >= 11 is 0. The molecule has 5 heteroatoms. The molecule has 26 heavy (non-hydrogen) atoms. The van der Waals surface area contributed by atoms with Crippen molar-refractivity contribution in [3.05, 3.63) is 89.5 Å². The molecule has 0 saturated carbocycles. The molecular formula is C21H18N2O3. The van der Waals surface area contributed by atoms with E-state index < -0.39 is 6.17 Å². The fourth-order valence-corrected chi connectivity index (χ4v) is 3.25. The maximum absolute atomic E-state index is 13.1. The van der Waals surface area contributed by atoms with Gasteiger partial charge in [0, 0.05) is 17.8 Å². The van der Waals surface area contributed by atoms with Crippen molar-refractivity contribution in [1.82, 2.24) is 4.90 Å². The van der Waals surface area contributed by atoms with E-state index in [9.17, 15) is 15.0 Å². The lowest BCUT2D eigenvalue weighted by Gasteiger charge is -2.38. The molecule has 1 aliphatic rings. The number of hydrogen-bond donors (Lipinski definition) is 3. The van der Waals surface area contributed by atoms with Crippen molar-refractivity contribution in [3.8, 4) is 11.5 Å². The van der Waals surface area contributed by atoms with Gasteiger partial charge >= 0.3 is 0 Å². The Morgan fingerprint density at radius 1 is 0.885 bits per heavy atom. The Morgan fingerprint density at radius 2 is 1.62 bits per heavy atom. The first-order valence-corrected chi connectivity index (χ1v) is 8.36. The molecule has 0 radical (unpaired) electrons. The van der Waals surface area contributed by atoms with E-state index in [2.05, 4.69) is 5.32 Å². The first kappa shape index (κ1) is 16.0. The number of carbonyl (C=O) groups is 1. The van der Waals surface area contributed by atoms with Gasteiger partial charge in [-0.2, -0.15) is 0 Å². The largest absolute Gasteiger partial charge is 0.504 e. The summed E-state index contributed by atoms with van der Waals surface area (Å²) in [4.78, 5) is 14.8. The number of para-hydroxylation sites is 2. The van der Waals surface area contributed by atoms with Crippen molar-refractivity contribution < 1.29 is 15.0 Å². The van der Waals surface area contributed by atoms with Gasteiger partial charge in [0.2, 0.25) is 0 Å². The molecule has 0 aromatic heterocycles. The molecule has 3 N–H and O–H groups in total. The van der Waals surface area contributed by atoms with Gasteiger partial charge in [-0.05, 0) is 23.8 Å². The van der Waals surface area contributed by atoms with E-state index in [4.69, 9.17) is 0 Å². The van der Waals surface area contributed by atoms with E-state index in [0.29, 0.717) is 23.4 Å². The predicted octanol–water partition coefficient (Wildman–Crippen LogP) is 3.86. The van der Waals surface area contributed by atoms with Crippen LogP contribution in [-0.2, 0) is 6.54 Å². The van der Waals surface area contributed by atoms with Crippen LogP contribution in [-0.4, -0.2) is 21.0 Å². The van der Waals surface area contributed by atoms with Gasteiger partial charge in [0.05, 0.1) is 5.56 Å². The first-order valence-electron chi connectivity index (χ1n) is 8.36. The number of anilines is 1. The van der Waals surface area contributed by atoms with Crippen LogP contribution in [0.15, 0.2) is 72.8 Å². The van der Waals surface area contributed by atoms with E-state index in [-0.39, 0.29) is 17.4 Å². The maximum atomic E-state index is 13.1. The molecule has 0 fully saturated rings. The average molecular weight is 346 g/mol. The lowest BCUT2D eigenvalue weighted by Crippen LogP contribution is -2.42. The van der Waals surface area contributed by atoms with E-state index in [0.717, 1.165) is 5.56 Å². The molecule has 4 rings (SSSR count). The molecule has 0 spiro atoms. The van der Waals surface area contributed by atoms with Crippen LogP contribution in [0.4, 0.5) is 5.69 Å². The van der Waals surface area contributed by atoms with E-state index >= 15 is 0 Å². The van der Waals surface area contributed by atoms with E-state index in [1.807, 2.05) is 48.5 Å². The number of carbonyl (C=O) groups excluding carboxylic acids is 1.